The highest BCUT2D eigenvalue weighted by molar-refractivity contribution is 9.10. The van der Waals surface area contributed by atoms with Crippen molar-refractivity contribution in [3.8, 4) is 6.07 Å². The van der Waals surface area contributed by atoms with Gasteiger partial charge in [-0.15, -0.1) is 0 Å². The average Bonchev–Trinajstić information content (AvgIpc) is 2.72. The van der Waals surface area contributed by atoms with Crippen LogP contribution in [0.15, 0.2) is 22.7 Å². The maximum absolute atomic E-state index is 8.84. The Morgan fingerprint density at radius 3 is 2.88 bits per heavy atom. The fourth-order valence-corrected chi connectivity index (χ4v) is 2.86. The van der Waals surface area contributed by atoms with Gasteiger partial charge in [0.05, 0.1) is 17.3 Å². The topological polar surface area (TPSA) is 53.0 Å². The van der Waals surface area contributed by atoms with Crippen LogP contribution in [0.1, 0.15) is 18.9 Å². The molecule has 1 aromatic rings. The summed E-state index contributed by atoms with van der Waals surface area (Å²) in [7, 11) is 0. The molecule has 0 aromatic heterocycles. The number of nitriles is 1. The molecule has 1 fully saturated rings. The third-order valence-electron chi connectivity index (χ3n) is 3.47. The predicted octanol–water partition coefficient (Wildman–Crippen LogP) is 2.50. The Morgan fingerprint density at radius 1 is 1.59 bits per heavy atom. The van der Waals surface area contributed by atoms with Crippen LogP contribution >= 0.6 is 15.9 Å². The molecule has 0 amide bonds. The van der Waals surface area contributed by atoms with Crippen LogP contribution in [0.25, 0.3) is 0 Å². The first-order chi connectivity index (χ1) is 8.08. The minimum Gasteiger partial charge on any atom is -0.370 e. The van der Waals surface area contributed by atoms with E-state index in [0.29, 0.717) is 5.56 Å². The lowest BCUT2D eigenvalue weighted by Crippen LogP contribution is -2.31. The van der Waals surface area contributed by atoms with Crippen LogP contribution in [0.2, 0.25) is 0 Å². The van der Waals surface area contributed by atoms with E-state index < -0.39 is 0 Å². The summed E-state index contributed by atoms with van der Waals surface area (Å²) in [6.07, 6.45) is 1.12. The van der Waals surface area contributed by atoms with Crippen LogP contribution in [-0.4, -0.2) is 19.6 Å². The zero-order valence-electron chi connectivity index (χ0n) is 9.91. The first-order valence-corrected chi connectivity index (χ1v) is 6.52. The van der Waals surface area contributed by atoms with Gasteiger partial charge in [0.15, 0.2) is 0 Å². The van der Waals surface area contributed by atoms with E-state index in [1.807, 2.05) is 18.2 Å². The van der Waals surface area contributed by atoms with Gasteiger partial charge in [-0.1, -0.05) is 6.92 Å². The average molecular weight is 294 g/mol. The Bertz CT molecular complexity index is 466. The van der Waals surface area contributed by atoms with Gasteiger partial charge in [-0.2, -0.15) is 5.26 Å². The van der Waals surface area contributed by atoms with E-state index in [1.165, 1.54) is 0 Å². The molecule has 1 saturated heterocycles. The van der Waals surface area contributed by atoms with E-state index in [1.54, 1.807) is 0 Å². The largest absolute Gasteiger partial charge is 0.370 e. The van der Waals surface area contributed by atoms with Crippen molar-refractivity contribution in [1.29, 1.82) is 5.26 Å². The van der Waals surface area contributed by atoms with E-state index in [2.05, 4.69) is 33.8 Å². The summed E-state index contributed by atoms with van der Waals surface area (Å²) in [6, 6.07) is 7.88. The molecule has 90 valence electrons. The number of rotatable bonds is 2. The molecule has 17 heavy (non-hydrogen) atoms. The fourth-order valence-electron chi connectivity index (χ4n) is 2.23. The van der Waals surface area contributed by atoms with E-state index in [-0.39, 0.29) is 5.41 Å². The van der Waals surface area contributed by atoms with Gasteiger partial charge in [0.2, 0.25) is 0 Å². The summed E-state index contributed by atoms with van der Waals surface area (Å²) in [5.74, 6) is 0. The molecule has 2 N–H and O–H groups in total. The van der Waals surface area contributed by atoms with Crippen LogP contribution in [-0.2, 0) is 0 Å². The molecular formula is C13H16BrN3. The van der Waals surface area contributed by atoms with Crippen molar-refractivity contribution in [1.82, 2.24) is 0 Å². The van der Waals surface area contributed by atoms with E-state index in [4.69, 9.17) is 11.0 Å². The number of nitrogens with two attached hydrogens (primary N) is 1. The van der Waals surface area contributed by atoms with Gasteiger partial charge in [0, 0.05) is 17.6 Å². The summed E-state index contributed by atoms with van der Waals surface area (Å²) in [6.45, 7) is 4.95. The molecule has 0 aliphatic carbocycles. The fraction of sp³-hybridized carbons (Fsp3) is 0.462. The second-order valence-corrected chi connectivity index (χ2v) is 5.82. The smallest absolute Gasteiger partial charge is 0.0992 e. The zero-order valence-corrected chi connectivity index (χ0v) is 11.5. The van der Waals surface area contributed by atoms with E-state index >= 15 is 0 Å². The van der Waals surface area contributed by atoms with Crippen LogP contribution in [0.3, 0.4) is 0 Å². The number of halogens is 1. The highest BCUT2D eigenvalue weighted by Gasteiger charge is 2.33. The molecule has 4 heteroatoms. The summed E-state index contributed by atoms with van der Waals surface area (Å²) < 4.78 is 0.984. The Labute approximate surface area is 110 Å². The summed E-state index contributed by atoms with van der Waals surface area (Å²) in [5.41, 5.74) is 7.86. The molecule has 0 bridgehead atoms. The van der Waals surface area contributed by atoms with Crippen LogP contribution < -0.4 is 10.6 Å². The Balaban J connectivity index is 2.23. The molecule has 1 aliphatic rings. The molecule has 2 rings (SSSR count). The van der Waals surface area contributed by atoms with Crippen LogP contribution in [0.4, 0.5) is 5.69 Å². The van der Waals surface area contributed by atoms with Gasteiger partial charge >= 0.3 is 0 Å². The van der Waals surface area contributed by atoms with Crippen molar-refractivity contribution in [3.63, 3.8) is 0 Å². The highest BCUT2D eigenvalue weighted by Crippen LogP contribution is 2.36. The Morgan fingerprint density at radius 2 is 2.35 bits per heavy atom. The standard InChI is InChI=1S/C13H16BrN3/c1-13(8-16)4-5-17(9-13)12-3-2-10(7-15)6-11(12)14/h2-3,6H,4-5,8-9,16H2,1H3. The minimum atomic E-state index is 0.216. The lowest BCUT2D eigenvalue weighted by molar-refractivity contribution is 0.383. The molecule has 1 aromatic carbocycles. The molecule has 1 aliphatic heterocycles. The van der Waals surface area contributed by atoms with Crippen molar-refractivity contribution in [2.45, 2.75) is 13.3 Å². The van der Waals surface area contributed by atoms with E-state index in [0.717, 1.165) is 36.2 Å². The first-order valence-electron chi connectivity index (χ1n) is 5.73. The second kappa shape index (κ2) is 4.67. The predicted molar refractivity (Wildman–Crippen MR) is 72.8 cm³/mol. The van der Waals surface area contributed by atoms with Crippen molar-refractivity contribution in [2.75, 3.05) is 24.5 Å². The summed E-state index contributed by atoms with van der Waals surface area (Å²) >= 11 is 3.53. The second-order valence-electron chi connectivity index (χ2n) is 4.96. The maximum atomic E-state index is 8.84. The zero-order chi connectivity index (χ0) is 12.5. The van der Waals surface area contributed by atoms with Gasteiger partial charge in [0.1, 0.15) is 0 Å². The molecule has 3 nitrogen and oxygen atoms in total. The Hall–Kier alpha value is -1.05. The van der Waals surface area contributed by atoms with Crippen molar-refractivity contribution in [2.24, 2.45) is 11.1 Å². The van der Waals surface area contributed by atoms with Crippen molar-refractivity contribution < 1.29 is 0 Å². The minimum absolute atomic E-state index is 0.216. The third kappa shape index (κ3) is 2.46. The molecule has 0 radical (unpaired) electrons. The van der Waals surface area contributed by atoms with Crippen LogP contribution in [0, 0.1) is 16.7 Å². The van der Waals surface area contributed by atoms with Crippen LogP contribution in [0.5, 0.6) is 0 Å². The molecule has 1 heterocycles. The molecule has 1 atom stereocenters. The van der Waals surface area contributed by atoms with Crippen molar-refractivity contribution in [3.05, 3.63) is 28.2 Å². The lowest BCUT2D eigenvalue weighted by atomic mass is 9.90. The van der Waals surface area contributed by atoms with Crippen molar-refractivity contribution >= 4 is 21.6 Å². The normalized spacial score (nSPS) is 23.8. The molecular weight excluding hydrogens is 278 g/mol. The number of hydrogen-bond acceptors (Lipinski definition) is 3. The molecule has 0 spiro atoms. The first kappa shape index (κ1) is 12.4. The lowest BCUT2D eigenvalue weighted by Gasteiger charge is -2.24. The van der Waals surface area contributed by atoms with Gasteiger partial charge in [0.25, 0.3) is 0 Å². The quantitative estimate of drug-likeness (QED) is 0.911. The third-order valence-corrected chi connectivity index (χ3v) is 4.10. The maximum Gasteiger partial charge on any atom is 0.0992 e. The van der Waals surface area contributed by atoms with E-state index in [9.17, 15) is 0 Å². The molecule has 1 unspecified atom stereocenters. The van der Waals surface area contributed by atoms with Gasteiger partial charge in [-0.25, -0.2) is 0 Å². The van der Waals surface area contributed by atoms with Gasteiger partial charge in [-0.3, -0.25) is 0 Å². The monoisotopic (exact) mass is 293 g/mol. The van der Waals surface area contributed by atoms with Gasteiger partial charge in [-0.05, 0) is 52.5 Å². The Kier molecular flexibility index (Phi) is 3.41. The number of benzene rings is 1. The number of hydrogen-bond donors (Lipinski definition) is 1. The SMILES string of the molecule is CC1(CN)CCN(c2ccc(C#N)cc2Br)C1. The summed E-state index contributed by atoms with van der Waals surface area (Å²) in [4.78, 5) is 2.33. The molecule has 0 saturated carbocycles. The number of anilines is 1. The highest BCUT2D eigenvalue weighted by atomic mass is 79.9. The number of nitrogens with zero attached hydrogens (tertiary/aromatic N) is 2. The van der Waals surface area contributed by atoms with Gasteiger partial charge < -0.3 is 10.6 Å². The summed E-state index contributed by atoms with van der Waals surface area (Å²) in [5, 5.41) is 8.84.